The van der Waals surface area contributed by atoms with Gasteiger partial charge in [0, 0.05) is 85.5 Å². The van der Waals surface area contributed by atoms with Crippen LogP contribution in [0.15, 0.2) is 171 Å². The summed E-state index contributed by atoms with van der Waals surface area (Å²) in [5, 5.41) is 23.7. The molecule has 109 heavy (non-hydrogen) atoms. The van der Waals surface area contributed by atoms with E-state index in [2.05, 4.69) is 93.3 Å². The van der Waals surface area contributed by atoms with Crippen molar-refractivity contribution >= 4 is 105 Å². The fraction of sp³-hybridized carbons (Fsp3) is 0.192. The molecule has 36 heteroatoms. The van der Waals surface area contributed by atoms with Gasteiger partial charge in [0.1, 0.15) is 35.6 Å². The van der Waals surface area contributed by atoms with Gasteiger partial charge < -0.3 is 15.0 Å². The van der Waals surface area contributed by atoms with E-state index in [1.807, 2.05) is 82.3 Å². The van der Waals surface area contributed by atoms with Crippen molar-refractivity contribution in [3.63, 3.8) is 0 Å². The summed E-state index contributed by atoms with van der Waals surface area (Å²) in [4.78, 5) is 86.3. The zero-order valence-corrected chi connectivity index (χ0v) is 62.3. The Morgan fingerprint density at radius 1 is 0.477 bits per heavy atom. The topological polar surface area (TPSA) is 289 Å². The molecule has 8 aromatic heterocycles. The summed E-state index contributed by atoms with van der Waals surface area (Å²) in [6, 6.07) is 34.0. The molecule has 12 aromatic rings. The number of pyridine rings is 5. The van der Waals surface area contributed by atoms with Gasteiger partial charge in [0.2, 0.25) is 17.8 Å². The first-order valence-corrected chi connectivity index (χ1v) is 34.4. The third-order valence-electron chi connectivity index (χ3n) is 15.7. The van der Waals surface area contributed by atoms with E-state index < -0.39 is 40.6 Å². The zero-order chi connectivity index (χ0) is 78.4. The number of piperazine rings is 1. The molecule has 4 amide bonds. The number of nitrogens with zero attached hydrogens (tertiary/aromatic N) is 16. The Morgan fingerprint density at radius 2 is 0.972 bits per heavy atom. The lowest BCUT2D eigenvalue weighted by atomic mass is 10.1. The van der Waals surface area contributed by atoms with Crippen LogP contribution in [0.3, 0.4) is 0 Å². The number of nitrogens with one attached hydrogen (secondary N) is 4. The molecule has 0 saturated carbocycles. The predicted octanol–water partition coefficient (Wildman–Crippen LogP) is 15.7. The van der Waals surface area contributed by atoms with Crippen molar-refractivity contribution in [2.24, 2.45) is 0 Å². The maximum atomic E-state index is 12.9. The number of halogens is 11. The number of carbonyl (C=O) groups is 4. The van der Waals surface area contributed by atoms with Gasteiger partial charge in [-0.3, -0.25) is 45.0 Å². The average molecular weight is 1590 g/mol. The number of hydrogen-bond acceptors (Lipinski definition) is 18. The summed E-state index contributed by atoms with van der Waals surface area (Å²) < 4.78 is 85.7. The Hall–Kier alpha value is -11.3. The van der Waals surface area contributed by atoms with Crippen molar-refractivity contribution in [3.05, 3.63) is 263 Å². The van der Waals surface area contributed by atoms with Gasteiger partial charge >= 0.3 is 12.4 Å². The molecule has 1 saturated heterocycles. The van der Waals surface area contributed by atoms with Crippen molar-refractivity contribution in [2.45, 2.75) is 53.5 Å². The Bertz CT molecular complexity index is 5280. The molecule has 25 nitrogen and oxygen atoms in total. The molecule has 0 spiro atoms. The molecule has 1 aliphatic rings. The highest BCUT2D eigenvalue weighted by Gasteiger charge is 2.34. The number of ether oxygens (including phenoxy) is 1. The number of alkyl halides is 6. The highest BCUT2D eigenvalue weighted by molar-refractivity contribution is 6.34. The van der Waals surface area contributed by atoms with Crippen molar-refractivity contribution in [2.75, 3.05) is 61.6 Å². The molecular weight excluding hydrogens is 1530 g/mol. The maximum absolute atomic E-state index is 12.9. The predicted molar refractivity (Wildman–Crippen MR) is 401 cm³/mol. The molecule has 0 radical (unpaired) electrons. The van der Waals surface area contributed by atoms with Crippen LogP contribution in [0, 0.1) is 34.6 Å². The van der Waals surface area contributed by atoms with Crippen molar-refractivity contribution in [3.8, 4) is 34.5 Å². The molecule has 4 aromatic carbocycles. The Kier molecular flexibility index (Phi) is 26.2. The minimum atomic E-state index is -4.67. The molecule has 4 N–H and O–H groups in total. The molecule has 1 aliphatic heterocycles. The van der Waals surface area contributed by atoms with E-state index in [1.165, 1.54) is 51.6 Å². The first-order valence-electron chi connectivity index (χ1n) is 32.5. The lowest BCUT2D eigenvalue weighted by Crippen LogP contribution is -2.43. The SMILES string of the molecule is CN1CCN(Cc2ccc(C(=O)Nc3ccc(Cl)c(-c4ccccn4)c3)cc2)CC1.COc1cc(C)cc(C(=O)Nc2ncn(-c3ncc(C)cc3Cl)n2)c1.Cc1cc(C(=O)Nc2ncn(-c3ncc(C)cc3Cl)n2)cc(C(F)(F)F)c1.Cc1cnc(-n2cnc(NC(=O)c3ccc(C(F)(F)F)nc3Cl)n2)c(Cl)c1. The number of carbonyl (C=O) groups excluding carboxylic acids is 4. The summed E-state index contributed by atoms with van der Waals surface area (Å²) in [7, 11) is 3.71. The third-order valence-corrected chi connectivity index (χ3v) is 17.1. The lowest BCUT2D eigenvalue weighted by molar-refractivity contribution is -0.141. The second-order valence-corrected chi connectivity index (χ2v) is 26.3. The largest absolute Gasteiger partial charge is 0.497 e. The summed E-state index contributed by atoms with van der Waals surface area (Å²) in [5.74, 6) is -0.441. The number of hydrogen-bond donors (Lipinski definition) is 4. The second-order valence-electron chi connectivity index (χ2n) is 24.4. The summed E-state index contributed by atoms with van der Waals surface area (Å²) in [5.41, 5.74) is 5.92. The minimum absolute atomic E-state index is 0.0893. The van der Waals surface area contributed by atoms with Crippen molar-refractivity contribution in [1.82, 2.24) is 79.0 Å². The molecule has 562 valence electrons. The number of methoxy groups -OCH3 is 1. The molecule has 0 unspecified atom stereocenters. The third kappa shape index (κ3) is 22.0. The quantitative estimate of drug-likeness (QED) is 0.0548. The van der Waals surface area contributed by atoms with Crippen LogP contribution in [-0.4, -0.2) is 143 Å². The van der Waals surface area contributed by atoms with Gasteiger partial charge in [0.05, 0.1) is 44.0 Å². The molecule has 9 heterocycles. The Morgan fingerprint density at radius 3 is 1.44 bits per heavy atom. The maximum Gasteiger partial charge on any atom is 0.433 e. The average Bonchev–Trinajstić information content (AvgIpc) is 1.77. The van der Waals surface area contributed by atoms with Crippen LogP contribution in [0.2, 0.25) is 25.2 Å². The molecule has 1 fully saturated rings. The van der Waals surface area contributed by atoms with E-state index in [4.69, 9.17) is 62.7 Å². The highest BCUT2D eigenvalue weighted by Crippen LogP contribution is 2.34. The van der Waals surface area contributed by atoms with Crippen molar-refractivity contribution < 1.29 is 50.3 Å². The van der Waals surface area contributed by atoms with E-state index in [-0.39, 0.29) is 40.8 Å². The Balaban J connectivity index is 0.000000155. The molecule has 0 aliphatic carbocycles. The smallest absolute Gasteiger partial charge is 0.433 e. The number of rotatable bonds is 15. The van der Waals surface area contributed by atoms with Gasteiger partial charge in [0.15, 0.2) is 17.5 Å². The second kappa shape index (κ2) is 35.6. The van der Waals surface area contributed by atoms with E-state index >= 15 is 0 Å². The van der Waals surface area contributed by atoms with Gasteiger partial charge in [-0.15, -0.1) is 15.3 Å². The minimum Gasteiger partial charge on any atom is -0.497 e. The van der Waals surface area contributed by atoms with Crippen LogP contribution in [0.25, 0.3) is 28.7 Å². The number of likely N-dealkylation sites (N-methyl/N-ethyl adjacent to an activating group) is 1. The number of amides is 4. The van der Waals surface area contributed by atoms with Crippen LogP contribution < -0.4 is 26.0 Å². The van der Waals surface area contributed by atoms with Gasteiger partial charge in [-0.2, -0.15) is 55.3 Å². The van der Waals surface area contributed by atoms with E-state index in [0.29, 0.717) is 71.7 Å². The van der Waals surface area contributed by atoms with Crippen LogP contribution in [0.5, 0.6) is 5.75 Å². The van der Waals surface area contributed by atoms with Crippen LogP contribution in [0.4, 0.5) is 49.9 Å². The highest BCUT2D eigenvalue weighted by atomic mass is 35.5. The summed E-state index contributed by atoms with van der Waals surface area (Å²) >= 11 is 30.4. The summed E-state index contributed by atoms with van der Waals surface area (Å²) in [6.45, 7) is 14.2. The first kappa shape index (κ1) is 80.2. The van der Waals surface area contributed by atoms with Gasteiger partial charge in [-0.1, -0.05) is 76.2 Å². The van der Waals surface area contributed by atoms with Gasteiger partial charge in [0.25, 0.3) is 23.6 Å². The molecule has 0 atom stereocenters. The molecule has 13 rings (SSSR count). The van der Waals surface area contributed by atoms with Crippen LogP contribution in [0.1, 0.15) is 86.1 Å². The van der Waals surface area contributed by atoms with E-state index in [1.54, 1.807) is 74.4 Å². The van der Waals surface area contributed by atoms with Crippen LogP contribution >= 0.6 is 58.0 Å². The Labute approximate surface area is 643 Å². The van der Waals surface area contributed by atoms with Crippen molar-refractivity contribution in [1.29, 1.82) is 0 Å². The summed E-state index contributed by atoms with van der Waals surface area (Å²) in [6.07, 6.45) is 1.36. The molecule has 0 bridgehead atoms. The standard InChI is InChI=1S/C24H25ClN4O.C17H13ClF3N5O.C17H16ClN5O2.C15H9Cl2F3N6O/c1-28-12-14-29(15-13-28)17-18-5-7-19(8-6-18)24(30)27-20-9-10-22(25)21(16-20)23-4-2-3-11-26-23;1-9-3-11(6-12(4-9)17(19,20)21)15(27)24-16-23-8-26(25-16)14-13(18)5-10(2)7-22-14;1-10-4-12(7-13(5-10)25-3)16(24)21-17-20-9-23(22-17)15-14(18)6-11(2)8-19-15;1-7-4-9(16)12(21-5-7)26-6-22-14(25-26)24-13(27)8-2-3-10(15(18,19)20)23-11(8)17/h2-11,16H,12-15,17H2,1H3,(H,27,30);3-8H,1-2H3,(H,24,25,27);4-9H,1-3H3,(H,21,22,24);2-6H,1H3,(H,24,25,27). The monoisotopic (exact) mass is 1590 g/mol. The zero-order valence-electron chi connectivity index (χ0n) is 58.6. The number of aromatic nitrogens is 14. The number of benzene rings is 4. The van der Waals surface area contributed by atoms with Gasteiger partial charge in [-0.05, 0) is 184 Å². The number of anilines is 4. The molecular formula is C73H63Cl5F6N20O5. The van der Waals surface area contributed by atoms with E-state index in [0.717, 1.165) is 84.4 Å². The number of aryl methyl sites for hydroxylation is 5. The normalized spacial score (nSPS) is 12.3. The fourth-order valence-electron chi connectivity index (χ4n) is 10.3. The van der Waals surface area contributed by atoms with Gasteiger partial charge in [-0.25, -0.2) is 19.9 Å². The lowest BCUT2D eigenvalue weighted by Gasteiger charge is -2.32. The van der Waals surface area contributed by atoms with E-state index in [9.17, 15) is 45.5 Å². The first-order chi connectivity index (χ1) is 51.8. The van der Waals surface area contributed by atoms with Crippen LogP contribution in [-0.2, 0) is 18.9 Å². The fourth-order valence-corrected chi connectivity index (χ4v) is 11.6.